The minimum atomic E-state index is -2.15. The van der Waals surface area contributed by atoms with E-state index in [1.165, 1.54) is 0 Å². The van der Waals surface area contributed by atoms with Gasteiger partial charge in [0.15, 0.2) is 0 Å². The molecule has 0 aromatic rings. The van der Waals surface area contributed by atoms with Gasteiger partial charge in [-0.05, 0) is 27.4 Å². The van der Waals surface area contributed by atoms with Crippen molar-refractivity contribution in [3.8, 4) is 0 Å². The Morgan fingerprint density at radius 1 is 1.20 bits per heavy atom. The van der Waals surface area contributed by atoms with Gasteiger partial charge in [0, 0.05) is 12.5 Å². The van der Waals surface area contributed by atoms with Crippen molar-refractivity contribution in [3.63, 3.8) is 0 Å². The van der Waals surface area contributed by atoms with E-state index < -0.39 is 6.43 Å². The topological polar surface area (TPSA) is 3.24 Å². The molecule has 0 saturated carbocycles. The van der Waals surface area contributed by atoms with Gasteiger partial charge in [0.25, 0.3) is 0 Å². The molecule has 0 saturated heterocycles. The summed E-state index contributed by atoms with van der Waals surface area (Å²) in [5.41, 5.74) is 0. The largest absolute Gasteiger partial charge is 0.307 e. The minimum Gasteiger partial charge on any atom is -0.307 e. The molecule has 3 heteroatoms. The lowest BCUT2D eigenvalue weighted by Crippen LogP contribution is -2.24. The third-order valence-electron chi connectivity index (χ3n) is 1.68. The van der Waals surface area contributed by atoms with Crippen molar-refractivity contribution in [2.24, 2.45) is 0 Å². The van der Waals surface area contributed by atoms with Crippen LogP contribution in [0.1, 0.15) is 19.8 Å². The third-order valence-corrected chi connectivity index (χ3v) is 1.68. The van der Waals surface area contributed by atoms with Crippen molar-refractivity contribution < 1.29 is 8.78 Å². The average Bonchev–Trinajstić information content (AvgIpc) is 1.82. The van der Waals surface area contributed by atoms with Crippen LogP contribution in [0.25, 0.3) is 0 Å². The summed E-state index contributed by atoms with van der Waals surface area (Å²) >= 11 is 0. The molecule has 0 aliphatic rings. The average molecular weight is 151 g/mol. The molecule has 0 spiro atoms. The standard InChI is InChI=1S/C7H15F2N/c1-6(10(2)3)4-5-7(8)9/h6-7H,4-5H2,1-3H3. The molecule has 0 rings (SSSR count). The van der Waals surface area contributed by atoms with Gasteiger partial charge in [-0.25, -0.2) is 8.78 Å². The second-order valence-corrected chi connectivity index (χ2v) is 2.78. The van der Waals surface area contributed by atoms with E-state index in [9.17, 15) is 8.78 Å². The SMILES string of the molecule is CC(CCC(F)F)N(C)C. The molecule has 1 nitrogen and oxygen atoms in total. The van der Waals surface area contributed by atoms with Gasteiger partial charge in [-0.3, -0.25) is 0 Å². The highest BCUT2D eigenvalue weighted by Crippen LogP contribution is 2.08. The number of nitrogens with zero attached hydrogens (tertiary/aromatic N) is 1. The highest BCUT2D eigenvalue weighted by Gasteiger charge is 2.08. The number of halogens is 2. The molecule has 0 radical (unpaired) electrons. The fraction of sp³-hybridized carbons (Fsp3) is 1.00. The third kappa shape index (κ3) is 4.68. The molecule has 1 atom stereocenters. The van der Waals surface area contributed by atoms with E-state index in [0.717, 1.165) is 0 Å². The summed E-state index contributed by atoms with van der Waals surface area (Å²) in [6.45, 7) is 1.95. The van der Waals surface area contributed by atoms with Crippen LogP contribution >= 0.6 is 0 Å². The van der Waals surface area contributed by atoms with Gasteiger partial charge in [0.05, 0.1) is 0 Å². The lowest BCUT2D eigenvalue weighted by Gasteiger charge is -2.18. The monoisotopic (exact) mass is 151 g/mol. The Kier molecular flexibility index (Phi) is 4.52. The van der Waals surface area contributed by atoms with Gasteiger partial charge in [-0.2, -0.15) is 0 Å². The normalized spacial score (nSPS) is 14.7. The van der Waals surface area contributed by atoms with Crippen molar-refractivity contribution in [1.29, 1.82) is 0 Å². The quantitative estimate of drug-likeness (QED) is 0.594. The Labute approximate surface area is 61.0 Å². The highest BCUT2D eigenvalue weighted by molar-refractivity contribution is 4.59. The lowest BCUT2D eigenvalue weighted by molar-refractivity contribution is 0.123. The Balaban J connectivity index is 3.30. The van der Waals surface area contributed by atoms with E-state index >= 15 is 0 Å². The molecular weight excluding hydrogens is 136 g/mol. The van der Waals surface area contributed by atoms with Crippen LogP contribution in [-0.4, -0.2) is 31.5 Å². The fourth-order valence-electron chi connectivity index (χ4n) is 0.625. The molecule has 0 aliphatic carbocycles. The van der Waals surface area contributed by atoms with Gasteiger partial charge >= 0.3 is 0 Å². The predicted molar refractivity (Wildman–Crippen MR) is 38.4 cm³/mol. The van der Waals surface area contributed by atoms with E-state index in [2.05, 4.69) is 0 Å². The van der Waals surface area contributed by atoms with Crippen LogP contribution in [-0.2, 0) is 0 Å². The van der Waals surface area contributed by atoms with Gasteiger partial charge < -0.3 is 4.90 Å². The Morgan fingerprint density at radius 2 is 1.70 bits per heavy atom. The summed E-state index contributed by atoms with van der Waals surface area (Å²) < 4.78 is 23.3. The maximum Gasteiger partial charge on any atom is 0.238 e. The fourth-order valence-corrected chi connectivity index (χ4v) is 0.625. The van der Waals surface area contributed by atoms with Crippen LogP contribution in [0, 0.1) is 0 Å². The van der Waals surface area contributed by atoms with Gasteiger partial charge in [-0.1, -0.05) is 0 Å². The van der Waals surface area contributed by atoms with Gasteiger partial charge in [-0.15, -0.1) is 0 Å². The molecular formula is C7H15F2N. The summed E-state index contributed by atoms with van der Waals surface area (Å²) in [6.07, 6.45) is -1.56. The first-order valence-electron chi connectivity index (χ1n) is 3.48. The molecule has 62 valence electrons. The Hall–Kier alpha value is -0.180. The number of hydrogen-bond acceptors (Lipinski definition) is 1. The minimum absolute atomic E-state index is 0.0132. The van der Waals surface area contributed by atoms with Crippen molar-refractivity contribution in [1.82, 2.24) is 4.90 Å². The Bertz CT molecular complexity index is 83.7. The first-order valence-corrected chi connectivity index (χ1v) is 3.48. The van der Waals surface area contributed by atoms with Crippen molar-refractivity contribution in [2.75, 3.05) is 14.1 Å². The van der Waals surface area contributed by atoms with Crippen LogP contribution in [0.3, 0.4) is 0 Å². The van der Waals surface area contributed by atoms with Crippen LogP contribution in [0.15, 0.2) is 0 Å². The summed E-state index contributed by atoms with van der Waals surface area (Å²) in [6, 6.07) is 0.258. The molecule has 0 bridgehead atoms. The van der Waals surface area contributed by atoms with Crippen LogP contribution in [0.2, 0.25) is 0 Å². The van der Waals surface area contributed by atoms with E-state index in [4.69, 9.17) is 0 Å². The van der Waals surface area contributed by atoms with Crippen molar-refractivity contribution in [3.05, 3.63) is 0 Å². The van der Waals surface area contributed by atoms with Crippen molar-refractivity contribution >= 4 is 0 Å². The molecule has 0 aliphatic heterocycles. The van der Waals surface area contributed by atoms with Gasteiger partial charge in [0.2, 0.25) is 6.43 Å². The Morgan fingerprint density at radius 3 is 2.00 bits per heavy atom. The zero-order valence-corrected chi connectivity index (χ0v) is 6.77. The first kappa shape index (κ1) is 9.82. The summed E-state index contributed by atoms with van der Waals surface area (Å²) in [7, 11) is 3.80. The predicted octanol–water partition coefficient (Wildman–Crippen LogP) is 1.98. The highest BCUT2D eigenvalue weighted by atomic mass is 19.3. The molecule has 10 heavy (non-hydrogen) atoms. The molecule has 0 aromatic carbocycles. The molecule has 0 N–H and O–H groups in total. The second kappa shape index (κ2) is 4.61. The molecule has 0 aromatic heterocycles. The molecule has 0 amide bonds. The molecule has 0 heterocycles. The second-order valence-electron chi connectivity index (χ2n) is 2.78. The number of alkyl halides is 2. The first-order chi connectivity index (χ1) is 4.54. The number of hydrogen-bond donors (Lipinski definition) is 0. The summed E-state index contributed by atoms with van der Waals surface area (Å²) in [4.78, 5) is 1.95. The van der Waals surface area contributed by atoms with E-state index in [-0.39, 0.29) is 12.5 Å². The van der Waals surface area contributed by atoms with Crippen LogP contribution in [0.5, 0.6) is 0 Å². The van der Waals surface area contributed by atoms with Crippen molar-refractivity contribution in [2.45, 2.75) is 32.2 Å². The molecule has 1 unspecified atom stereocenters. The lowest BCUT2D eigenvalue weighted by atomic mass is 10.2. The molecule has 0 fully saturated rings. The zero-order valence-electron chi connectivity index (χ0n) is 6.77. The zero-order chi connectivity index (χ0) is 8.15. The van der Waals surface area contributed by atoms with Crippen LogP contribution in [0.4, 0.5) is 8.78 Å². The van der Waals surface area contributed by atoms with Crippen LogP contribution < -0.4 is 0 Å². The smallest absolute Gasteiger partial charge is 0.238 e. The summed E-state index contributed by atoms with van der Waals surface area (Å²) in [5.74, 6) is 0. The maximum atomic E-state index is 11.6. The maximum absolute atomic E-state index is 11.6. The number of rotatable bonds is 4. The van der Waals surface area contributed by atoms with E-state index in [1.54, 1.807) is 0 Å². The summed E-state index contributed by atoms with van der Waals surface area (Å²) in [5, 5.41) is 0. The van der Waals surface area contributed by atoms with Gasteiger partial charge in [0.1, 0.15) is 0 Å². The van der Waals surface area contributed by atoms with E-state index in [1.807, 2.05) is 25.9 Å². The van der Waals surface area contributed by atoms with E-state index in [0.29, 0.717) is 6.42 Å².